The number of nitro benzene ring substituents is 4. The molecular weight excluding hydrogens is 1270 g/mol. The maximum Gasteiger partial charge on any atom is 0.269 e. The lowest BCUT2D eigenvalue weighted by Gasteiger charge is -2.09. The number of aryl methyl sites for hydroxylation is 5. The third kappa shape index (κ3) is 21.0. The molecule has 32 nitrogen and oxygen atoms in total. The van der Waals surface area contributed by atoms with E-state index in [-0.39, 0.29) is 28.5 Å². The minimum absolute atomic E-state index is 0.000278. The second kappa shape index (κ2) is 33.5. The Morgan fingerprint density at radius 2 is 0.854 bits per heavy atom. The second-order valence-electron chi connectivity index (χ2n) is 19.7. The number of nitrogens with zero attached hydrogens (tertiary/aromatic N) is 14. The number of hydrogen-bond donors (Lipinski definition) is 6. The average Bonchev–Trinajstić information content (AvgIpc) is 1.67. The van der Waals surface area contributed by atoms with Crippen molar-refractivity contribution in [2.24, 2.45) is 4.99 Å². The van der Waals surface area contributed by atoms with Gasteiger partial charge in [-0.05, 0) is 141 Å². The molecule has 0 fully saturated rings. The number of nitro groups is 4. The van der Waals surface area contributed by atoms with Crippen LogP contribution < -0.4 is 41.6 Å². The highest BCUT2D eigenvalue weighted by atomic mass is 35.5. The number of benzene rings is 5. The number of nitrogen functional groups attached to an aromatic ring is 3. The van der Waals surface area contributed by atoms with Crippen molar-refractivity contribution in [2.45, 2.75) is 34.6 Å². The van der Waals surface area contributed by atoms with E-state index in [0.717, 1.165) is 34.7 Å². The lowest BCUT2D eigenvalue weighted by atomic mass is 10.2. The molecule has 0 spiro atoms. The van der Waals surface area contributed by atoms with Crippen LogP contribution in [-0.2, 0) is 0 Å². The van der Waals surface area contributed by atoms with E-state index in [4.69, 9.17) is 58.1 Å². The number of aromatic nitrogens is 9. The molecule has 0 saturated heterocycles. The summed E-state index contributed by atoms with van der Waals surface area (Å²) in [6.07, 6.45) is 12.2. The van der Waals surface area contributed by atoms with Gasteiger partial charge in [0.25, 0.3) is 22.7 Å². The first kappa shape index (κ1) is 70.0. The SMILES string of the molecule is Cc1cc(N)ccc1Oc1ccn2ncnc2c1.Cc1cc([N+](=O)[O-])ccc1O.Cc1cc([N+](=O)[O-])ccc1Oc1ccn2ncnc2c1.Cc1cc([N+](=O)[O-])ccc1Oc1ccnc(N)c1.Cc1cc([N+](=O)[O-])ccc1Oc1ccnc(N=CNO)c1.Nc1cc(Cl)ccn1. The van der Waals surface area contributed by atoms with Gasteiger partial charge in [-0.2, -0.15) is 10.2 Å². The van der Waals surface area contributed by atoms with E-state index >= 15 is 0 Å². The molecule has 0 radical (unpaired) electrons. The highest BCUT2D eigenvalue weighted by molar-refractivity contribution is 6.30. The van der Waals surface area contributed by atoms with Crippen molar-refractivity contribution in [3.8, 4) is 51.7 Å². The zero-order valence-corrected chi connectivity index (χ0v) is 52.0. The maximum absolute atomic E-state index is 10.7. The third-order valence-electron chi connectivity index (χ3n) is 12.6. The average molecular weight is 1330 g/mol. The molecule has 0 aliphatic rings. The van der Waals surface area contributed by atoms with Crippen LogP contribution >= 0.6 is 11.6 Å². The predicted molar refractivity (Wildman–Crippen MR) is 354 cm³/mol. The Labute approximate surface area is 548 Å². The van der Waals surface area contributed by atoms with Gasteiger partial charge in [-0.25, -0.2) is 38.9 Å². The molecule has 33 heteroatoms. The summed E-state index contributed by atoms with van der Waals surface area (Å²) in [6.45, 7) is 8.80. The number of aliphatic imine (C=N–C) groups is 1. The number of pyridine rings is 5. The maximum atomic E-state index is 10.7. The highest BCUT2D eigenvalue weighted by Crippen LogP contribution is 2.33. The number of halogens is 1. The molecule has 7 heterocycles. The number of anilines is 3. The van der Waals surface area contributed by atoms with Crippen LogP contribution in [0.4, 0.5) is 45.9 Å². The standard InChI is InChI=1S/C13H12N4O4.C13H10N4O3.C13H12N4O.C12H11N3O3.C7H7NO3.C5H5ClN2/c1-9-6-10(17(19)20)2-3-12(9)21-11-4-5-14-13(7-11)15-8-16-18;1-9-6-10(17(18)19)2-3-12(9)20-11-4-5-16-13(7-11)14-8-15-16;1-9-6-10(14)2-3-12(9)18-11-4-5-17-13(7-11)15-8-16-17;1-8-6-9(15(16)17)2-3-11(8)18-10-4-5-14-12(13)7-10;1-5-4-6(8(10)11)2-3-7(5)9;6-4-1-2-8-5(7)3-4/h2-8,18H,1H3,(H,14,15,16);2-8H,1H3;2-8H,14H2,1H3;2-7H,1H3,(H2,13,14);2-4,9H,1H3;1-3H,(H2,7,8). The van der Waals surface area contributed by atoms with Gasteiger partial charge in [-0.15, -0.1) is 0 Å². The summed E-state index contributed by atoms with van der Waals surface area (Å²) in [5.41, 5.74) is 24.0. The Bertz CT molecular complexity index is 4730. The second-order valence-corrected chi connectivity index (χ2v) is 20.1. The van der Waals surface area contributed by atoms with Gasteiger partial charge in [0, 0.05) is 114 Å². The summed E-state index contributed by atoms with van der Waals surface area (Å²) in [5.74, 6) is 5.98. The molecule has 490 valence electrons. The molecule has 0 saturated carbocycles. The zero-order valence-electron chi connectivity index (χ0n) is 51.2. The largest absolute Gasteiger partial charge is 0.508 e. The van der Waals surface area contributed by atoms with Crippen molar-refractivity contribution in [2.75, 3.05) is 17.2 Å². The summed E-state index contributed by atoms with van der Waals surface area (Å²) in [6, 6.07) is 39.6. The molecule has 0 aliphatic heterocycles. The van der Waals surface area contributed by atoms with Gasteiger partial charge in [-0.1, -0.05) is 11.6 Å². The molecule has 0 amide bonds. The molecule has 0 aliphatic carbocycles. The fraction of sp³-hybridized carbons (Fsp3) is 0.0794. The van der Waals surface area contributed by atoms with Crippen LogP contribution in [0.3, 0.4) is 0 Å². The number of ether oxygens (including phenoxy) is 4. The number of phenolic OH excluding ortho intramolecular Hbond substituents is 1. The Hall–Kier alpha value is -13.5. The van der Waals surface area contributed by atoms with Gasteiger partial charge in [-0.3, -0.25) is 51.1 Å². The molecule has 0 unspecified atom stereocenters. The molecule has 0 atom stereocenters. The topological polar surface area (TPSA) is 451 Å². The number of non-ortho nitro benzene ring substituents is 4. The first-order valence-corrected chi connectivity index (χ1v) is 28.1. The lowest BCUT2D eigenvalue weighted by molar-refractivity contribution is -0.385. The van der Waals surface area contributed by atoms with E-state index in [1.807, 2.05) is 43.5 Å². The molecule has 7 aromatic heterocycles. The van der Waals surface area contributed by atoms with Gasteiger partial charge >= 0.3 is 0 Å². The Morgan fingerprint density at radius 3 is 1.24 bits per heavy atom. The van der Waals surface area contributed by atoms with Gasteiger partial charge in [0.15, 0.2) is 17.1 Å². The number of nitrogens with one attached hydrogen (secondary N) is 1. The van der Waals surface area contributed by atoms with E-state index in [9.17, 15) is 40.5 Å². The van der Waals surface area contributed by atoms with Crippen LogP contribution in [0, 0.1) is 75.1 Å². The molecular formula is C63H57ClN18O14. The number of aromatic hydroxyl groups is 1. The van der Waals surface area contributed by atoms with Crippen molar-refractivity contribution in [1.29, 1.82) is 0 Å². The van der Waals surface area contributed by atoms with Gasteiger partial charge in [0.1, 0.15) is 82.4 Å². The minimum Gasteiger partial charge on any atom is -0.508 e. The molecule has 12 aromatic rings. The monoisotopic (exact) mass is 1320 g/mol. The number of fused-ring (bicyclic) bond motifs is 2. The number of hydrogen-bond acceptors (Lipinski definition) is 25. The van der Waals surface area contributed by atoms with Crippen molar-refractivity contribution in [3.05, 3.63) is 269 Å². The smallest absolute Gasteiger partial charge is 0.269 e. The van der Waals surface area contributed by atoms with Gasteiger partial charge < -0.3 is 41.3 Å². The molecule has 5 aromatic carbocycles. The van der Waals surface area contributed by atoms with E-state index < -0.39 is 19.7 Å². The van der Waals surface area contributed by atoms with Crippen molar-refractivity contribution in [3.63, 3.8) is 0 Å². The first-order valence-electron chi connectivity index (χ1n) is 27.7. The van der Waals surface area contributed by atoms with E-state index in [0.29, 0.717) is 84.9 Å². The lowest BCUT2D eigenvalue weighted by Crippen LogP contribution is -2.01. The molecule has 0 bridgehead atoms. The fourth-order valence-electron chi connectivity index (χ4n) is 7.89. The van der Waals surface area contributed by atoms with E-state index in [2.05, 4.69) is 40.1 Å². The van der Waals surface area contributed by atoms with Crippen LogP contribution in [0.5, 0.6) is 51.7 Å². The summed E-state index contributed by atoms with van der Waals surface area (Å²) in [7, 11) is 0. The number of hydroxylamine groups is 1. The number of nitrogens with two attached hydrogens (primary N) is 3. The summed E-state index contributed by atoms with van der Waals surface area (Å²) >= 11 is 5.52. The summed E-state index contributed by atoms with van der Waals surface area (Å²) < 4.78 is 26.1. The van der Waals surface area contributed by atoms with Crippen molar-refractivity contribution in [1.82, 2.24) is 49.6 Å². The van der Waals surface area contributed by atoms with Crippen molar-refractivity contribution >= 4 is 75.1 Å². The van der Waals surface area contributed by atoms with Gasteiger partial charge in [0.2, 0.25) is 0 Å². The predicted octanol–water partition coefficient (Wildman–Crippen LogP) is 13.5. The van der Waals surface area contributed by atoms with E-state index in [1.54, 1.807) is 115 Å². The molecule has 96 heavy (non-hydrogen) atoms. The number of phenols is 1. The zero-order chi connectivity index (χ0) is 69.4. The Balaban J connectivity index is 0.000000166. The normalized spacial score (nSPS) is 10.3. The van der Waals surface area contributed by atoms with Crippen LogP contribution in [0.1, 0.15) is 27.8 Å². The first-order chi connectivity index (χ1) is 45.9. The fourth-order valence-corrected chi connectivity index (χ4v) is 8.06. The third-order valence-corrected chi connectivity index (χ3v) is 12.8. The summed E-state index contributed by atoms with van der Waals surface area (Å²) in [4.78, 5) is 63.9. The Kier molecular flexibility index (Phi) is 24.4. The quantitative estimate of drug-likeness (QED) is 0.0194. The van der Waals surface area contributed by atoms with E-state index in [1.165, 1.54) is 85.7 Å². The minimum atomic E-state index is -0.494. The summed E-state index contributed by atoms with van der Waals surface area (Å²) in [5, 5.41) is 68.2. The van der Waals surface area contributed by atoms with Gasteiger partial charge in [0.05, 0.1) is 19.7 Å². The Morgan fingerprint density at radius 1 is 0.469 bits per heavy atom. The van der Waals surface area contributed by atoms with Crippen LogP contribution in [0.2, 0.25) is 5.02 Å². The van der Waals surface area contributed by atoms with Crippen LogP contribution in [0.25, 0.3) is 11.3 Å². The molecule has 9 N–H and O–H groups in total. The number of rotatable bonds is 14. The van der Waals surface area contributed by atoms with Crippen LogP contribution in [0.15, 0.2) is 200 Å². The highest BCUT2D eigenvalue weighted by Gasteiger charge is 2.14. The van der Waals surface area contributed by atoms with Crippen molar-refractivity contribution < 1.29 is 49.0 Å². The molecule has 12 rings (SSSR count). The van der Waals surface area contributed by atoms with Crippen LogP contribution in [-0.4, -0.2) is 80.5 Å².